The van der Waals surface area contributed by atoms with Crippen molar-refractivity contribution in [1.29, 1.82) is 0 Å². The van der Waals surface area contributed by atoms with Crippen molar-refractivity contribution in [2.24, 2.45) is 0 Å². The summed E-state index contributed by atoms with van der Waals surface area (Å²) in [4.78, 5) is 33.7. The zero-order valence-corrected chi connectivity index (χ0v) is 22.3. The lowest BCUT2D eigenvalue weighted by atomic mass is 10.0. The molecule has 0 amide bonds. The summed E-state index contributed by atoms with van der Waals surface area (Å²) in [5, 5.41) is 0. The number of morpholine rings is 1. The minimum atomic E-state index is -0.729. The minimum absolute atomic E-state index is 0.0484. The molecule has 2 aromatic rings. The van der Waals surface area contributed by atoms with Crippen molar-refractivity contribution in [3.05, 3.63) is 63.4 Å². The van der Waals surface area contributed by atoms with Gasteiger partial charge in [-0.25, -0.2) is 14.2 Å². The first-order valence-corrected chi connectivity index (χ1v) is 12.7. The van der Waals surface area contributed by atoms with E-state index in [0.29, 0.717) is 36.9 Å². The van der Waals surface area contributed by atoms with Crippen LogP contribution in [0.25, 0.3) is 0 Å². The Morgan fingerprint density at radius 3 is 2.37 bits per heavy atom. The van der Waals surface area contributed by atoms with Crippen LogP contribution in [0.3, 0.4) is 0 Å². The number of aromatic nitrogens is 1. The molecule has 1 aliphatic heterocycles. The number of benzene rings is 1. The van der Waals surface area contributed by atoms with Crippen molar-refractivity contribution < 1.29 is 23.5 Å². The fourth-order valence-corrected chi connectivity index (χ4v) is 4.40. The highest BCUT2D eigenvalue weighted by atomic mass is 32.2. The van der Waals surface area contributed by atoms with Gasteiger partial charge in [0.15, 0.2) is 11.6 Å². The second-order valence-corrected chi connectivity index (χ2v) is 9.34. The fourth-order valence-electron chi connectivity index (χ4n) is 3.42. The van der Waals surface area contributed by atoms with Crippen LogP contribution in [0.2, 0.25) is 0 Å². The maximum Gasteiger partial charge on any atom is 0.342 e. The molecular formula is C27H35FN2O4S. The van der Waals surface area contributed by atoms with Crippen molar-refractivity contribution in [3.8, 4) is 0 Å². The van der Waals surface area contributed by atoms with Gasteiger partial charge in [0, 0.05) is 28.5 Å². The number of ether oxygens (including phenoxy) is 2. The van der Waals surface area contributed by atoms with Crippen LogP contribution in [0.1, 0.15) is 55.7 Å². The Labute approximate surface area is 211 Å². The molecule has 0 atom stereocenters. The topological polar surface area (TPSA) is 68.7 Å². The summed E-state index contributed by atoms with van der Waals surface area (Å²) < 4.78 is 25.4. The molecule has 1 aromatic carbocycles. The predicted molar refractivity (Wildman–Crippen MR) is 139 cm³/mol. The molecule has 8 heteroatoms. The number of thioether (sulfide) groups is 1. The van der Waals surface area contributed by atoms with Gasteiger partial charge in [0.1, 0.15) is 5.57 Å². The first kappa shape index (κ1) is 28.5. The summed E-state index contributed by atoms with van der Waals surface area (Å²) in [5.41, 5.74) is 1.32. The maximum absolute atomic E-state index is 15.0. The lowest BCUT2D eigenvalue weighted by Gasteiger charge is -2.28. The Balaban J connectivity index is 0.00000137. The van der Waals surface area contributed by atoms with Gasteiger partial charge in [-0.1, -0.05) is 50.2 Å². The Morgan fingerprint density at radius 1 is 1.14 bits per heavy atom. The third-order valence-electron chi connectivity index (χ3n) is 5.12. The zero-order chi connectivity index (χ0) is 26.0. The number of hydrogen-bond donors (Lipinski definition) is 0. The van der Waals surface area contributed by atoms with E-state index in [1.54, 1.807) is 25.7 Å². The average Bonchev–Trinajstić information content (AvgIpc) is 2.83. The Kier molecular flexibility index (Phi) is 11.4. The van der Waals surface area contributed by atoms with Crippen LogP contribution < -0.4 is 4.90 Å². The maximum atomic E-state index is 15.0. The first-order valence-electron chi connectivity index (χ1n) is 11.9. The lowest BCUT2D eigenvalue weighted by Crippen LogP contribution is -2.37. The monoisotopic (exact) mass is 502 g/mol. The molecule has 1 aromatic heterocycles. The standard InChI is InChI=1S/C24H27FN2O4S.C3H8/c1-5-31-24(29)21(17(4)32-20-9-7-6-8-15(20)2)22(28)18-14-19(25)23(26-16(18)3)27-10-12-30-13-11-27;1-3-2/h6-9,14H,5,10-13H2,1-4H3;3H2,1-2H3/b21-17-;. The van der Waals surface area contributed by atoms with E-state index in [-0.39, 0.29) is 23.6 Å². The van der Waals surface area contributed by atoms with Crippen LogP contribution in [0.15, 0.2) is 45.7 Å². The number of halogens is 1. The molecule has 0 bridgehead atoms. The summed E-state index contributed by atoms with van der Waals surface area (Å²) in [6.45, 7) is 13.4. The summed E-state index contributed by atoms with van der Waals surface area (Å²) in [6.07, 6.45) is 1.25. The van der Waals surface area contributed by atoms with E-state index in [1.165, 1.54) is 24.2 Å². The van der Waals surface area contributed by atoms with Crippen LogP contribution in [0.5, 0.6) is 0 Å². The predicted octanol–water partition coefficient (Wildman–Crippen LogP) is 5.90. The van der Waals surface area contributed by atoms with Crippen LogP contribution in [0.4, 0.5) is 10.2 Å². The van der Waals surface area contributed by atoms with Gasteiger partial charge in [-0.05, 0) is 45.4 Å². The Morgan fingerprint density at radius 2 is 1.77 bits per heavy atom. The molecule has 2 heterocycles. The molecule has 0 saturated carbocycles. The van der Waals surface area contributed by atoms with Crippen molar-refractivity contribution >= 4 is 29.3 Å². The van der Waals surface area contributed by atoms with Crippen molar-refractivity contribution in [2.45, 2.75) is 52.9 Å². The fraction of sp³-hybridized carbons (Fsp3) is 0.444. The molecule has 0 N–H and O–H groups in total. The van der Waals surface area contributed by atoms with Gasteiger partial charge in [-0.15, -0.1) is 0 Å². The average molecular weight is 503 g/mol. The summed E-state index contributed by atoms with van der Waals surface area (Å²) >= 11 is 1.31. The second-order valence-electron chi connectivity index (χ2n) is 8.08. The first-order chi connectivity index (χ1) is 16.7. The van der Waals surface area contributed by atoms with E-state index in [4.69, 9.17) is 9.47 Å². The number of carbonyl (C=O) groups is 2. The van der Waals surface area contributed by atoms with E-state index in [9.17, 15) is 14.0 Å². The van der Waals surface area contributed by atoms with E-state index in [1.807, 2.05) is 31.2 Å². The smallest absolute Gasteiger partial charge is 0.342 e. The highest BCUT2D eigenvalue weighted by Gasteiger charge is 2.28. The molecule has 1 aliphatic rings. The minimum Gasteiger partial charge on any atom is -0.462 e. The van der Waals surface area contributed by atoms with Crippen molar-refractivity contribution in [3.63, 3.8) is 0 Å². The molecule has 190 valence electrons. The Hall–Kier alpha value is -2.71. The SMILES string of the molecule is CCC.CCOC(=O)/C(C(=O)c1cc(F)c(N2CCOCC2)nc1C)=C(/C)Sc1ccccc1C. The normalized spacial score (nSPS) is 14.0. The number of anilines is 1. The summed E-state index contributed by atoms with van der Waals surface area (Å²) in [6, 6.07) is 8.85. The van der Waals surface area contributed by atoms with Gasteiger partial charge in [-0.2, -0.15) is 0 Å². The molecule has 1 fully saturated rings. The van der Waals surface area contributed by atoms with Crippen LogP contribution >= 0.6 is 11.8 Å². The lowest BCUT2D eigenvalue weighted by molar-refractivity contribution is -0.138. The van der Waals surface area contributed by atoms with Gasteiger partial charge in [0.25, 0.3) is 0 Å². The van der Waals surface area contributed by atoms with Crippen LogP contribution in [-0.4, -0.2) is 49.6 Å². The zero-order valence-electron chi connectivity index (χ0n) is 21.4. The summed E-state index contributed by atoms with van der Waals surface area (Å²) in [5.74, 6) is -1.74. The van der Waals surface area contributed by atoms with E-state index < -0.39 is 17.6 Å². The van der Waals surface area contributed by atoms with Gasteiger partial charge in [0.2, 0.25) is 5.78 Å². The molecule has 6 nitrogen and oxygen atoms in total. The highest BCUT2D eigenvalue weighted by molar-refractivity contribution is 8.03. The van der Waals surface area contributed by atoms with Gasteiger partial charge in [-0.3, -0.25) is 4.79 Å². The molecule has 3 rings (SSSR count). The van der Waals surface area contributed by atoms with Gasteiger partial charge < -0.3 is 14.4 Å². The number of pyridine rings is 1. The van der Waals surface area contributed by atoms with Crippen LogP contribution in [-0.2, 0) is 14.3 Å². The largest absolute Gasteiger partial charge is 0.462 e. The number of carbonyl (C=O) groups excluding carboxylic acids is 2. The number of allylic oxidation sites excluding steroid dienone is 1. The number of rotatable bonds is 7. The Bertz CT molecular complexity index is 1070. The second kappa shape index (κ2) is 14.0. The van der Waals surface area contributed by atoms with Gasteiger partial charge in [0.05, 0.1) is 25.5 Å². The van der Waals surface area contributed by atoms with Gasteiger partial charge >= 0.3 is 5.97 Å². The van der Waals surface area contributed by atoms with E-state index >= 15 is 0 Å². The van der Waals surface area contributed by atoms with Crippen molar-refractivity contribution in [1.82, 2.24) is 4.98 Å². The quantitative estimate of drug-likeness (QED) is 0.117. The molecule has 0 aliphatic carbocycles. The number of aryl methyl sites for hydroxylation is 2. The third-order valence-corrected chi connectivity index (χ3v) is 6.31. The number of ketones is 1. The number of nitrogens with zero attached hydrogens (tertiary/aromatic N) is 2. The summed E-state index contributed by atoms with van der Waals surface area (Å²) in [7, 11) is 0. The molecule has 0 unspecified atom stereocenters. The number of Topliss-reactive ketones (excluding diaryl/α,β-unsaturated/α-hetero) is 1. The third kappa shape index (κ3) is 7.64. The van der Waals surface area contributed by atoms with E-state index in [0.717, 1.165) is 10.5 Å². The van der Waals surface area contributed by atoms with Crippen molar-refractivity contribution in [2.75, 3.05) is 37.8 Å². The molecular weight excluding hydrogens is 467 g/mol. The number of hydrogen-bond acceptors (Lipinski definition) is 7. The van der Waals surface area contributed by atoms with Crippen LogP contribution in [0, 0.1) is 19.7 Å². The van der Waals surface area contributed by atoms with E-state index in [2.05, 4.69) is 18.8 Å². The molecule has 1 saturated heterocycles. The molecule has 0 spiro atoms. The highest BCUT2D eigenvalue weighted by Crippen LogP contribution is 2.33. The molecule has 0 radical (unpaired) electrons. The molecule has 35 heavy (non-hydrogen) atoms. The number of esters is 1.